The minimum Gasteiger partial charge on any atom is -0.484 e. The highest BCUT2D eigenvalue weighted by Crippen LogP contribution is 2.20. The molecule has 0 saturated carbocycles. The van der Waals surface area contributed by atoms with Crippen LogP contribution in [-0.4, -0.2) is 40.4 Å². The van der Waals surface area contributed by atoms with Crippen LogP contribution in [0.3, 0.4) is 0 Å². The molecule has 0 bridgehead atoms. The average Bonchev–Trinajstić information content (AvgIpc) is 2.99. The van der Waals surface area contributed by atoms with Crippen molar-refractivity contribution >= 4 is 5.91 Å². The molecule has 1 aromatic heterocycles. The van der Waals surface area contributed by atoms with Gasteiger partial charge < -0.3 is 9.64 Å². The molecule has 2 rings (SSSR count). The van der Waals surface area contributed by atoms with Crippen molar-refractivity contribution in [1.82, 2.24) is 14.7 Å². The maximum Gasteiger partial charge on any atom is 0.422 e. The lowest BCUT2D eigenvalue weighted by Gasteiger charge is -2.16. The first-order chi connectivity index (χ1) is 11.3. The summed E-state index contributed by atoms with van der Waals surface area (Å²) in [4.78, 5) is 13.8. The first kappa shape index (κ1) is 17.8. The zero-order chi connectivity index (χ0) is 17.7. The molecule has 0 unspecified atom stereocenters. The van der Waals surface area contributed by atoms with Gasteiger partial charge in [-0.3, -0.25) is 9.48 Å². The highest BCUT2D eigenvalue weighted by molar-refractivity contribution is 5.94. The second kappa shape index (κ2) is 7.37. The zero-order valence-electron chi connectivity index (χ0n) is 13.4. The SMILES string of the molecule is CCn1ccc(CN(C)C(=O)c2cccc(OCC(F)(F)F)c2)n1. The van der Waals surface area contributed by atoms with Crippen LogP contribution in [0.5, 0.6) is 5.75 Å². The van der Waals surface area contributed by atoms with Crippen LogP contribution in [-0.2, 0) is 13.1 Å². The fourth-order valence-electron chi connectivity index (χ4n) is 2.08. The normalized spacial score (nSPS) is 11.4. The van der Waals surface area contributed by atoms with Gasteiger partial charge in [0, 0.05) is 25.4 Å². The van der Waals surface area contributed by atoms with Crippen molar-refractivity contribution in [3.05, 3.63) is 47.8 Å². The van der Waals surface area contributed by atoms with Gasteiger partial charge in [0.25, 0.3) is 5.91 Å². The van der Waals surface area contributed by atoms with E-state index in [-0.39, 0.29) is 17.2 Å². The van der Waals surface area contributed by atoms with E-state index >= 15 is 0 Å². The van der Waals surface area contributed by atoms with E-state index in [1.807, 2.05) is 19.2 Å². The van der Waals surface area contributed by atoms with E-state index < -0.39 is 12.8 Å². The fourth-order valence-corrected chi connectivity index (χ4v) is 2.08. The second-order valence-electron chi connectivity index (χ2n) is 5.26. The molecule has 0 aliphatic rings. The minimum atomic E-state index is -4.42. The summed E-state index contributed by atoms with van der Waals surface area (Å²) >= 11 is 0. The maximum absolute atomic E-state index is 12.4. The standard InChI is InChI=1S/C16H18F3N3O2/c1-3-22-8-7-13(20-22)10-21(2)15(23)12-5-4-6-14(9-12)24-11-16(17,18)19/h4-9H,3,10-11H2,1-2H3. The van der Waals surface area contributed by atoms with Gasteiger partial charge in [-0.15, -0.1) is 0 Å². The van der Waals surface area contributed by atoms with Gasteiger partial charge in [0.1, 0.15) is 5.75 Å². The molecule has 5 nitrogen and oxygen atoms in total. The Bertz CT molecular complexity index is 698. The number of rotatable bonds is 6. The Morgan fingerprint density at radius 2 is 2.08 bits per heavy atom. The molecule has 2 aromatic rings. The van der Waals surface area contributed by atoms with Gasteiger partial charge in [0.15, 0.2) is 6.61 Å². The van der Waals surface area contributed by atoms with Gasteiger partial charge in [0.05, 0.1) is 12.2 Å². The summed E-state index contributed by atoms with van der Waals surface area (Å²) in [7, 11) is 1.61. The number of ether oxygens (including phenoxy) is 1. The second-order valence-corrected chi connectivity index (χ2v) is 5.26. The summed E-state index contributed by atoms with van der Waals surface area (Å²) in [5, 5.41) is 4.29. The van der Waals surface area contributed by atoms with E-state index in [1.165, 1.54) is 29.2 Å². The molecule has 0 spiro atoms. The van der Waals surface area contributed by atoms with E-state index in [0.717, 1.165) is 12.2 Å². The van der Waals surface area contributed by atoms with Gasteiger partial charge >= 0.3 is 6.18 Å². The van der Waals surface area contributed by atoms with E-state index in [2.05, 4.69) is 9.84 Å². The van der Waals surface area contributed by atoms with Gasteiger partial charge in [-0.2, -0.15) is 18.3 Å². The third-order valence-electron chi connectivity index (χ3n) is 3.25. The number of carbonyl (C=O) groups is 1. The van der Waals surface area contributed by atoms with Crippen molar-refractivity contribution in [3.63, 3.8) is 0 Å². The number of amides is 1. The van der Waals surface area contributed by atoms with E-state index in [0.29, 0.717) is 6.54 Å². The number of benzene rings is 1. The molecule has 0 atom stereocenters. The average molecular weight is 341 g/mol. The summed E-state index contributed by atoms with van der Waals surface area (Å²) in [5.41, 5.74) is 0.990. The molecular formula is C16H18F3N3O2. The lowest BCUT2D eigenvalue weighted by Crippen LogP contribution is -2.26. The van der Waals surface area contributed by atoms with Crippen molar-refractivity contribution in [2.75, 3.05) is 13.7 Å². The number of carbonyl (C=O) groups excluding carboxylic acids is 1. The van der Waals surface area contributed by atoms with Crippen LogP contribution >= 0.6 is 0 Å². The molecule has 0 fully saturated rings. The Morgan fingerprint density at radius 3 is 2.71 bits per heavy atom. The van der Waals surface area contributed by atoms with Crippen molar-refractivity contribution in [1.29, 1.82) is 0 Å². The molecule has 0 radical (unpaired) electrons. The summed E-state index contributed by atoms with van der Waals surface area (Å²) in [5.74, 6) is -0.319. The highest BCUT2D eigenvalue weighted by Gasteiger charge is 2.28. The van der Waals surface area contributed by atoms with Crippen molar-refractivity contribution in [2.45, 2.75) is 26.2 Å². The number of aryl methyl sites for hydroxylation is 1. The lowest BCUT2D eigenvalue weighted by atomic mass is 10.2. The highest BCUT2D eigenvalue weighted by atomic mass is 19.4. The molecular weight excluding hydrogens is 323 g/mol. The molecule has 0 N–H and O–H groups in total. The first-order valence-electron chi connectivity index (χ1n) is 7.36. The van der Waals surface area contributed by atoms with Crippen LogP contribution in [0.4, 0.5) is 13.2 Å². The Hall–Kier alpha value is -2.51. The summed E-state index contributed by atoms with van der Waals surface area (Å²) < 4.78 is 43.0. The molecule has 130 valence electrons. The van der Waals surface area contributed by atoms with E-state index in [1.54, 1.807) is 11.7 Å². The van der Waals surface area contributed by atoms with Gasteiger partial charge in [-0.05, 0) is 31.2 Å². The molecule has 8 heteroatoms. The Kier molecular flexibility index (Phi) is 5.48. The van der Waals surface area contributed by atoms with Crippen LogP contribution in [0.1, 0.15) is 23.0 Å². The summed E-state index contributed by atoms with van der Waals surface area (Å²) in [6, 6.07) is 7.51. The van der Waals surface area contributed by atoms with E-state index in [4.69, 9.17) is 0 Å². The minimum absolute atomic E-state index is 0.00170. The van der Waals surface area contributed by atoms with Crippen LogP contribution in [0.2, 0.25) is 0 Å². The van der Waals surface area contributed by atoms with Crippen LogP contribution in [0.15, 0.2) is 36.5 Å². The fraction of sp³-hybridized carbons (Fsp3) is 0.375. The quantitative estimate of drug-likeness (QED) is 0.811. The van der Waals surface area contributed by atoms with Crippen molar-refractivity contribution in [2.24, 2.45) is 0 Å². The number of aromatic nitrogens is 2. The molecule has 0 saturated heterocycles. The molecule has 0 aliphatic heterocycles. The number of hydrogen-bond donors (Lipinski definition) is 0. The predicted molar refractivity (Wildman–Crippen MR) is 81.7 cm³/mol. The lowest BCUT2D eigenvalue weighted by molar-refractivity contribution is -0.153. The van der Waals surface area contributed by atoms with Crippen LogP contribution in [0.25, 0.3) is 0 Å². The third kappa shape index (κ3) is 5.00. The van der Waals surface area contributed by atoms with Crippen molar-refractivity contribution in [3.8, 4) is 5.75 Å². The molecule has 1 heterocycles. The molecule has 0 aliphatic carbocycles. The third-order valence-corrected chi connectivity index (χ3v) is 3.25. The van der Waals surface area contributed by atoms with Gasteiger partial charge in [-0.1, -0.05) is 6.07 Å². The Labute approximate surface area is 137 Å². The van der Waals surface area contributed by atoms with Gasteiger partial charge in [-0.25, -0.2) is 0 Å². The molecule has 24 heavy (non-hydrogen) atoms. The van der Waals surface area contributed by atoms with Crippen LogP contribution < -0.4 is 4.74 Å². The topological polar surface area (TPSA) is 47.4 Å². The summed E-state index contributed by atoms with van der Waals surface area (Å²) in [6.07, 6.45) is -2.60. The van der Waals surface area contributed by atoms with Crippen molar-refractivity contribution < 1.29 is 22.7 Å². The Morgan fingerprint density at radius 1 is 1.33 bits per heavy atom. The molecule has 1 aromatic carbocycles. The first-order valence-corrected chi connectivity index (χ1v) is 7.36. The zero-order valence-corrected chi connectivity index (χ0v) is 13.4. The Balaban J connectivity index is 2.02. The monoisotopic (exact) mass is 341 g/mol. The smallest absolute Gasteiger partial charge is 0.422 e. The number of halogens is 3. The number of nitrogens with zero attached hydrogens (tertiary/aromatic N) is 3. The van der Waals surface area contributed by atoms with E-state index in [9.17, 15) is 18.0 Å². The summed E-state index contributed by atoms with van der Waals surface area (Å²) in [6.45, 7) is 1.60. The maximum atomic E-state index is 12.4. The number of alkyl halides is 3. The van der Waals surface area contributed by atoms with Crippen LogP contribution in [0, 0.1) is 0 Å². The van der Waals surface area contributed by atoms with Gasteiger partial charge in [0.2, 0.25) is 0 Å². The predicted octanol–water partition coefficient (Wildman–Crippen LogP) is 3.12. The number of hydrogen-bond acceptors (Lipinski definition) is 3. The largest absolute Gasteiger partial charge is 0.484 e. The molecule has 1 amide bonds.